The Labute approximate surface area is 342 Å². The average Bonchev–Trinajstić information content (AvgIpc) is 3.80. The highest BCUT2D eigenvalue weighted by atomic mass is 16.4. The van der Waals surface area contributed by atoms with Crippen molar-refractivity contribution in [2.75, 3.05) is 0 Å². The van der Waals surface area contributed by atoms with Gasteiger partial charge in [-0.3, -0.25) is 0 Å². The topological polar surface area (TPSA) is 30.2 Å². The molecule has 2 aromatic heterocycles. The molecule has 284 valence electrons. The molecule has 1 aliphatic rings. The van der Waals surface area contributed by atoms with Gasteiger partial charge in [-0.2, -0.15) is 0 Å². The van der Waals surface area contributed by atoms with Gasteiger partial charge in [-0.1, -0.05) is 163 Å². The van der Waals surface area contributed by atoms with Crippen LogP contribution < -0.4 is 15.4 Å². The Morgan fingerprint density at radius 2 is 1.14 bits per heavy atom. The van der Waals surface area contributed by atoms with Crippen molar-refractivity contribution >= 4 is 50.8 Å². The van der Waals surface area contributed by atoms with Crippen LogP contribution in [0, 0.1) is 6.92 Å². The molecule has 0 aliphatic carbocycles. The normalized spacial score (nSPS) is 12.8. The van der Waals surface area contributed by atoms with Crippen molar-refractivity contribution < 1.29 is 13.3 Å². The Balaban J connectivity index is 1.21. The van der Waals surface area contributed by atoms with Crippen LogP contribution in [0.15, 0.2) is 154 Å². The number of oxazole rings is 1. The zero-order valence-corrected chi connectivity index (χ0v) is 34.6. The number of furan rings is 1. The van der Waals surface area contributed by atoms with Crippen LogP contribution in [0.3, 0.4) is 0 Å². The molecule has 4 heteroatoms. The maximum atomic E-state index is 7.10. The van der Waals surface area contributed by atoms with E-state index in [1.807, 2.05) is 6.07 Å². The number of fused-ring (bicyclic) bond motifs is 5. The fourth-order valence-electron chi connectivity index (χ4n) is 9.33. The van der Waals surface area contributed by atoms with Crippen LogP contribution in [0.1, 0.15) is 69.4 Å². The molecule has 7 aromatic carbocycles. The highest BCUT2D eigenvalue weighted by Gasteiger charge is 2.49. The van der Waals surface area contributed by atoms with E-state index in [4.69, 9.17) is 8.83 Å². The first-order chi connectivity index (χ1) is 28.0. The number of para-hydroxylation sites is 3. The van der Waals surface area contributed by atoms with Crippen molar-refractivity contribution in [1.82, 2.24) is 0 Å². The molecule has 3 nitrogen and oxygen atoms in total. The van der Waals surface area contributed by atoms with Gasteiger partial charge >= 0.3 is 12.7 Å². The molecule has 0 bridgehead atoms. The Hall–Kier alpha value is -6.13. The first-order valence-electron chi connectivity index (χ1n) is 20.8. The molecule has 0 N–H and O–H groups in total. The lowest BCUT2D eigenvalue weighted by molar-refractivity contribution is -0.495. The van der Waals surface area contributed by atoms with Crippen molar-refractivity contribution in [3.8, 4) is 33.7 Å². The van der Waals surface area contributed by atoms with Gasteiger partial charge in [0, 0.05) is 21.7 Å². The SMILES string of the molecule is Cc1cccc2c1B(c1cc(C(C)(C)C)ccc1CCc1ccc(C(C)(C)C)cc1-c1ccccc1)[n+]1c(-c3cccc4c3oc3ccccc34)oc3cccc-2c31. The van der Waals surface area contributed by atoms with Gasteiger partial charge in [0.25, 0.3) is 0 Å². The second kappa shape index (κ2) is 13.5. The Kier molecular flexibility index (Phi) is 8.42. The number of hydrogen-bond acceptors (Lipinski definition) is 2. The predicted molar refractivity (Wildman–Crippen MR) is 243 cm³/mol. The highest BCUT2D eigenvalue weighted by molar-refractivity contribution is 6.81. The summed E-state index contributed by atoms with van der Waals surface area (Å²) in [5.41, 5.74) is 19.0. The van der Waals surface area contributed by atoms with E-state index in [0.717, 1.165) is 57.3 Å². The van der Waals surface area contributed by atoms with E-state index in [2.05, 4.69) is 192 Å². The molecule has 0 unspecified atom stereocenters. The van der Waals surface area contributed by atoms with Crippen LogP contribution >= 0.6 is 0 Å². The number of rotatable bonds is 6. The second-order valence-corrected chi connectivity index (χ2v) is 18.3. The van der Waals surface area contributed by atoms with E-state index in [-0.39, 0.29) is 17.7 Å². The van der Waals surface area contributed by atoms with E-state index in [1.54, 1.807) is 0 Å². The first-order valence-corrected chi connectivity index (χ1v) is 20.8. The third-order valence-corrected chi connectivity index (χ3v) is 12.5. The summed E-state index contributed by atoms with van der Waals surface area (Å²) in [6, 6.07) is 53.4. The van der Waals surface area contributed by atoms with Crippen molar-refractivity contribution in [3.05, 3.63) is 173 Å². The van der Waals surface area contributed by atoms with Gasteiger partial charge in [0.1, 0.15) is 11.1 Å². The molecule has 58 heavy (non-hydrogen) atoms. The summed E-state index contributed by atoms with van der Waals surface area (Å²) in [6.07, 6.45) is 1.81. The third-order valence-electron chi connectivity index (χ3n) is 12.5. The van der Waals surface area contributed by atoms with Crippen LogP contribution in [-0.4, -0.2) is 6.85 Å². The fraction of sp³-hybridized carbons (Fsp3) is 0.204. The molecule has 0 amide bonds. The van der Waals surface area contributed by atoms with Crippen LogP contribution in [0.2, 0.25) is 0 Å². The molecule has 0 fully saturated rings. The molecular weight excluding hydrogens is 705 g/mol. The van der Waals surface area contributed by atoms with Crippen LogP contribution in [0.25, 0.3) is 66.7 Å². The molecule has 9 aromatic rings. The second-order valence-electron chi connectivity index (χ2n) is 18.3. The molecule has 10 rings (SSSR count). The van der Waals surface area contributed by atoms with E-state index in [0.29, 0.717) is 0 Å². The summed E-state index contributed by atoms with van der Waals surface area (Å²) in [5, 5.41) is 2.20. The minimum atomic E-state index is -0.142. The van der Waals surface area contributed by atoms with E-state index in [1.165, 1.54) is 61.0 Å². The number of nitrogens with zero attached hydrogens (tertiary/aromatic N) is 1. The first kappa shape index (κ1) is 36.2. The van der Waals surface area contributed by atoms with Gasteiger partial charge in [0.2, 0.25) is 11.1 Å². The number of aromatic nitrogens is 1. The van der Waals surface area contributed by atoms with Crippen LogP contribution in [0.4, 0.5) is 0 Å². The minimum Gasteiger partial charge on any atom is -0.455 e. The lowest BCUT2D eigenvalue weighted by Gasteiger charge is -2.25. The van der Waals surface area contributed by atoms with Crippen LogP contribution in [-0.2, 0) is 23.7 Å². The number of aryl methyl sites for hydroxylation is 3. The molecule has 0 atom stereocenters. The van der Waals surface area contributed by atoms with E-state index < -0.39 is 0 Å². The molecule has 0 saturated carbocycles. The van der Waals surface area contributed by atoms with E-state index >= 15 is 0 Å². The predicted octanol–water partition coefficient (Wildman–Crippen LogP) is 12.3. The molecule has 0 saturated heterocycles. The monoisotopic (exact) mass is 754 g/mol. The molecule has 0 radical (unpaired) electrons. The van der Waals surface area contributed by atoms with Gasteiger partial charge in [-0.15, -0.1) is 0 Å². The maximum Gasteiger partial charge on any atom is 0.563 e. The zero-order chi connectivity index (χ0) is 39.9. The fourth-order valence-corrected chi connectivity index (χ4v) is 9.33. The molecule has 1 aliphatic heterocycles. The van der Waals surface area contributed by atoms with Gasteiger partial charge in [-0.25, -0.2) is 4.48 Å². The third kappa shape index (κ3) is 5.92. The molecule has 0 spiro atoms. The summed E-state index contributed by atoms with van der Waals surface area (Å²) in [4.78, 5) is 0. The average molecular weight is 755 g/mol. The van der Waals surface area contributed by atoms with Crippen molar-refractivity contribution in [1.29, 1.82) is 0 Å². The van der Waals surface area contributed by atoms with Crippen molar-refractivity contribution in [3.63, 3.8) is 0 Å². The number of benzene rings is 7. The Morgan fingerprint density at radius 1 is 0.517 bits per heavy atom. The van der Waals surface area contributed by atoms with Crippen LogP contribution in [0.5, 0.6) is 0 Å². The smallest absolute Gasteiger partial charge is 0.455 e. The quantitative estimate of drug-likeness (QED) is 0.158. The van der Waals surface area contributed by atoms with Crippen molar-refractivity contribution in [2.45, 2.75) is 72.1 Å². The zero-order valence-electron chi connectivity index (χ0n) is 34.6. The molecule has 3 heterocycles. The lowest BCUT2D eigenvalue weighted by Crippen LogP contribution is -2.69. The van der Waals surface area contributed by atoms with Crippen molar-refractivity contribution in [2.24, 2.45) is 0 Å². The summed E-state index contributed by atoms with van der Waals surface area (Å²) < 4.78 is 16.3. The summed E-state index contributed by atoms with van der Waals surface area (Å²) in [5.74, 6) is 0.808. The largest absolute Gasteiger partial charge is 0.563 e. The van der Waals surface area contributed by atoms with Gasteiger partial charge in [-0.05, 0) is 99.4 Å². The van der Waals surface area contributed by atoms with Gasteiger partial charge < -0.3 is 8.83 Å². The summed E-state index contributed by atoms with van der Waals surface area (Å²) in [7, 11) is 0. The van der Waals surface area contributed by atoms with E-state index in [9.17, 15) is 0 Å². The molecular formula is C54H49BNO2+. The minimum absolute atomic E-state index is 0.0449. The van der Waals surface area contributed by atoms with Gasteiger partial charge in [0.15, 0.2) is 5.58 Å². The standard InChI is InChI=1S/C54H49BNO2/c1-34-16-13-20-41-42-21-15-25-48-50(42)56(52(58-48)44-23-14-22-43-40-19-11-12-24-47(40)57-51(43)44)55(49(34)41)46-33-39(54(5,6)7)31-29-37(46)27-26-36-28-30-38(53(2,3)4)32-45(36)35-17-9-8-10-18-35/h8-25,28-33H,26-27H2,1-7H3/q+1. The Bertz CT molecular complexity index is 3040. The summed E-state index contributed by atoms with van der Waals surface area (Å²) >= 11 is 0. The lowest BCUT2D eigenvalue weighted by atomic mass is 9.45. The highest BCUT2D eigenvalue weighted by Crippen LogP contribution is 2.39. The van der Waals surface area contributed by atoms with Gasteiger partial charge in [0.05, 0.1) is 5.56 Å². The summed E-state index contributed by atoms with van der Waals surface area (Å²) in [6.45, 7) is 16.0. The number of hydrogen-bond donors (Lipinski definition) is 0. The Morgan fingerprint density at radius 3 is 1.93 bits per heavy atom. The maximum absolute atomic E-state index is 7.10.